The van der Waals surface area contributed by atoms with Crippen LogP contribution >= 0.6 is 7.82 Å². The number of quaternary nitrogens is 1. The van der Waals surface area contributed by atoms with Gasteiger partial charge in [0, 0.05) is 13.0 Å². The number of hydrogen-bond donors (Lipinski definition) is 1. The van der Waals surface area contributed by atoms with E-state index in [2.05, 4.69) is 98.9 Å². The van der Waals surface area contributed by atoms with Crippen LogP contribution in [0.1, 0.15) is 206 Å². The number of esters is 1. The number of phosphoric acid groups is 1. The van der Waals surface area contributed by atoms with Gasteiger partial charge in [0.25, 0.3) is 0 Å². The highest BCUT2D eigenvalue weighted by Crippen LogP contribution is 2.43. The summed E-state index contributed by atoms with van der Waals surface area (Å²) in [6.45, 7) is 5.39. The Kier molecular flexibility index (Phi) is 46.4. The molecule has 0 saturated carbocycles. The Labute approximate surface area is 401 Å². The molecule has 0 aliphatic heterocycles. The molecule has 0 bridgehead atoms. The summed E-state index contributed by atoms with van der Waals surface area (Å²) in [6, 6.07) is 0. The first kappa shape index (κ1) is 62.7. The van der Waals surface area contributed by atoms with E-state index in [9.17, 15) is 14.3 Å². The summed E-state index contributed by atoms with van der Waals surface area (Å²) in [6.07, 6.45) is 64.9. The molecule has 9 heteroatoms. The van der Waals surface area contributed by atoms with Crippen molar-refractivity contribution in [1.82, 2.24) is 0 Å². The van der Waals surface area contributed by atoms with Crippen LogP contribution < -0.4 is 0 Å². The Bertz CT molecular complexity index is 1310. The van der Waals surface area contributed by atoms with Crippen molar-refractivity contribution in [1.29, 1.82) is 0 Å². The number of unbranched alkanes of at least 4 members (excludes halogenated alkanes) is 20. The number of nitrogens with zero attached hydrogens (tertiary/aromatic N) is 1. The van der Waals surface area contributed by atoms with Crippen LogP contribution in [-0.4, -0.2) is 75.6 Å². The van der Waals surface area contributed by atoms with Crippen LogP contribution in [0.3, 0.4) is 0 Å². The van der Waals surface area contributed by atoms with E-state index in [1.165, 1.54) is 103 Å². The number of phosphoric ester groups is 1. The Morgan fingerprint density at radius 2 is 0.846 bits per heavy atom. The van der Waals surface area contributed by atoms with Crippen LogP contribution in [0.4, 0.5) is 0 Å². The zero-order chi connectivity index (χ0) is 47.6. The molecule has 0 rings (SSSR count). The highest BCUT2D eigenvalue weighted by molar-refractivity contribution is 7.47. The fourth-order valence-corrected chi connectivity index (χ4v) is 7.71. The van der Waals surface area contributed by atoms with Crippen molar-refractivity contribution in [3.8, 4) is 0 Å². The molecule has 8 nitrogen and oxygen atoms in total. The second kappa shape index (κ2) is 48.1. The van der Waals surface area contributed by atoms with Gasteiger partial charge in [-0.2, -0.15) is 0 Å². The Balaban J connectivity index is 4.10. The van der Waals surface area contributed by atoms with Gasteiger partial charge in [-0.25, -0.2) is 4.57 Å². The van der Waals surface area contributed by atoms with Crippen molar-refractivity contribution < 1.29 is 37.3 Å². The first-order chi connectivity index (χ1) is 31.6. The second-order valence-electron chi connectivity index (χ2n) is 18.5. The molecule has 376 valence electrons. The monoisotopic (exact) mass is 931 g/mol. The van der Waals surface area contributed by atoms with Crippen molar-refractivity contribution in [2.24, 2.45) is 0 Å². The van der Waals surface area contributed by atoms with E-state index in [0.717, 1.165) is 83.5 Å². The summed E-state index contributed by atoms with van der Waals surface area (Å²) in [5.41, 5.74) is 0. The van der Waals surface area contributed by atoms with E-state index >= 15 is 0 Å². The fraction of sp³-hybridized carbons (Fsp3) is 0.732. The first-order valence-electron chi connectivity index (χ1n) is 26.3. The van der Waals surface area contributed by atoms with Gasteiger partial charge >= 0.3 is 13.8 Å². The number of ether oxygens (including phenoxy) is 2. The molecule has 0 spiro atoms. The summed E-state index contributed by atoms with van der Waals surface area (Å²) in [7, 11) is 1.65. The maximum atomic E-state index is 12.8. The predicted molar refractivity (Wildman–Crippen MR) is 279 cm³/mol. The molecular formula is C56H101NO7P+. The van der Waals surface area contributed by atoms with Crippen LogP contribution in [0.2, 0.25) is 0 Å². The normalized spacial score (nSPS) is 14.2. The van der Waals surface area contributed by atoms with Gasteiger partial charge in [0.2, 0.25) is 0 Å². The lowest BCUT2D eigenvalue weighted by atomic mass is 10.0. The SMILES string of the molecule is CC/C=C\C/C=C\C/C=C\C/C=C\CCCCCCCCCCCCCCCOCC(COP(=O)(O)OCC[N+](C)(C)C)OC(=O)CCCCCCCCC/C=C\C/C=C\C/C=C\CC. The first-order valence-corrected chi connectivity index (χ1v) is 27.8. The van der Waals surface area contributed by atoms with Gasteiger partial charge in [-0.1, -0.05) is 202 Å². The summed E-state index contributed by atoms with van der Waals surface area (Å²) in [4.78, 5) is 23.0. The zero-order valence-electron chi connectivity index (χ0n) is 42.7. The lowest BCUT2D eigenvalue weighted by Crippen LogP contribution is -2.37. The van der Waals surface area contributed by atoms with E-state index in [4.69, 9.17) is 18.5 Å². The van der Waals surface area contributed by atoms with E-state index in [1.807, 2.05) is 21.1 Å². The molecule has 65 heavy (non-hydrogen) atoms. The lowest BCUT2D eigenvalue weighted by Gasteiger charge is -2.24. The van der Waals surface area contributed by atoms with Gasteiger partial charge in [-0.05, 0) is 83.5 Å². The number of rotatable bonds is 48. The molecule has 0 saturated heterocycles. The largest absolute Gasteiger partial charge is 0.472 e. The van der Waals surface area contributed by atoms with Crippen molar-refractivity contribution >= 4 is 13.8 Å². The molecule has 1 N–H and O–H groups in total. The van der Waals surface area contributed by atoms with Crippen LogP contribution in [0.25, 0.3) is 0 Å². The van der Waals surface area contributed by atoms with E-state index < -0.39 is 13.9 Å². The van der Waals surface area contributed by atoms with Crippen LogP contribution in [0, 0.1) is 0 Å². The summed E-state index contributed by atoms with van der Waals surface area (Å²) < 4.78 is 35.2. The highest BCUT2D eigenvalue weighted by Gasteiger charge is 2.26. The van der Waals surface area contributed by atoms with Crippen molar-refractivity contribution in [3.05, 3.63) is 85.1 Å². The quantitative estimate of drug-likeness (QED) is 0.0214. The molecule has 0 aliphatic carbocycles. The van der Waals surface area contributed by atoms with E-state index in [-0.39, 0.29) is 25.8 Å². The molecule has 2 atom stereocenters. The Morgan fingerprint density at radius 1 is 0.477 bits per heavy atom. The average Bonchev–Trinajstić information content (AvgIpc) is 3.27. The van der Waals surface area contributed by atoms with Crippen LogP contribution in [0.5, 0.6) is 0 Å². The zero-order valence-corrected chi connectivity index (χ0v) is 43.6. The molecule has 0 aromatic rings. The number of carbonyl (C=O) groups excluding carboxylic acids is 1. The van der Waals surface area contributed by atoms with E-state index in [0.29, 0.717) is 24.1 Å². The molecule has 2 unspecified atom stereocenters. The van der Waals surface area contributed by atoms with Crippen molar-refractivity contribution in [2.45, 2.75) is 213 Å². The maximum absolute atomic E-state index is 12.8. The van der Waals surface area contributed by atoms with Crippen molar-refractivity contribution in [3.63, 3.8) is 0 Å². The van der Waals surface area contributed by atoms with Crippen LogP contribution in [0.15, 0.2) is 85.1 Å². The summed E-state index contributed by atoms with van der Waals surface area (Å²) in [5, 5.41) is 0. The molecule has 0 fully saturated rings. The van der Waals surface area contributed by atoms with Gasteiger partial charge in [-0.3, -0.25) is 13.8 Å². The third-order valence-electron chi connectivity index (χ3n) is 11.0. The summed E-state index contributed by atoms with van der Waals surface area (Å²) >= 11 is 0. The fourth-order valence-electron chi connectivity index (χ4n) is 6.97. The number of likely N-dealkylation sites (N-methyl/N-ethyl adjacent to an activating group) is 1. The van der Waals surface area contributed by atoms with Gasteiger partial charge in [0.15, 0.2) is 0 Å². The lowest BCUT2D eigenvalue weighted by molar-refractivity contribution is -0.870. The smallest absolute Gasteiger partial charge is 0.457 e. The number of hydrogen-bond acceptors (Lipinski definition) is 6. The topological polar surface area (TPSA) is 91.3 Å². The molecule has 0 aromatic carbocycles. The third-order valence-corrected chi connectivity index (χ3v) is 11.9. The molecule has 0 aliphatic rings. The second-order valence-corrected chi connectivity index (χ2v) is 19.9. The highest BCUT2D eigenvalue weighted by atomic mass is 31.2. The minimum absolute atomic E-state index is 0.0827. The number of carbonyl (C=O) groups is 1. The minimum atomic E-state index is -4.29. The Morgan fingerprint density at radius 3 is 1.26 bits per heavy atom. The maximum Gasteiger partial charge on any atom is 0.472 e. The molecular weight excluding hydrogens is 830 g/mol. The molecule has 0 radical (unpaired) electrons. The van der Waals surface area contributed by atoms with Gasteiger partial charge in [0.1, 0.15) is 19.3 Å². The van der Waals surface area contributed by atoms with Crippen molar-refractivity contribution in [2.75, 3.05) is 54.1 Å². The molecule has 0 aromatic heterocycles. The average molecular weight is 931 g/mol. The van der Waals surface area contributed by atoms with Gasteiger partial charge in [0.05, 0.1) is 34.4 Å². The van der Waals surface area contributed by atoms with E-state index in [1.54, 1.807) is 0 Å². The summed E-state index contributed by atoms with van der Waals surface area (Å²) in [5.74, 6) is -0.325. The van der Waals surface area contributed by atoms with Crippen LogP contribution in [-0.2, 0) is 27.9 Å². The standard InChI is InChI=1S/C56H100NO7P/c1-6-8-10-12-14-16-18-20-22-24-25-26-27-28-29-30-31-32-34-36-38-40-42-44-46-48-51-61-53-55(54-63-65(59,60)62-52-50-57(3,4)5)64-56(58)49-47-45-43-41-39-37-35-33-23-21-19-17-15-13-11-9-7-2/h8-11,14-17,20-23,25-26,55H,6-7,12-13,18-19,24,27-54H2,1-5H3/p+1/b10-8-,11-9-,16-14-,17-15-,22-20-,23-21-,26-25-. The molecule has 0 heterocycles. The Hall–Kier alpha value is -2.32. The van der Waals surface area contributed by atoms with Gasteiger partial charge in [-0.15, -0.1) is 0 Å². The molecule has 0 amide bonds. The van der Waals surface area contributed by atoms with Gasteiger partial charge < -0.3 is 18.9 Å². The predicted octanol–water partition coefficient (Wildman–Crippen LogP) is 16.4. The minimum Gasteiger partial charge on any atom is -0.457 e. The number of allylic oxidation sites excluding steroid dienone is 14. The third kappa shape index (κ3) is 52.5.